The summed E-state index contributed by atoms with van der Waals surface area (Å²) in [5.74, 6) is -2.92. The first kappa shape index (κ1) is 22.5. The van der Waals surface area contributed by atoms with Gasteiger partial charge in [0.05, 0.1) is 30.6 Å². The molecule has 4 aromatic carbocycles. The van der Waals surface area contributed by atoms with Crippen LogP contribution in [0.15, 0.2) is 97.1 Å². The summed E-state index contributed by atoms with van der Waals surface area (Å²) in [6.07, 6.45) is 2.01. The van der Waals surface area contributed by atoms with Crippen molar-refractivity contribution in [2.75, 3.05) is 12.0 Å². The molecule has 6 heteroatoms. The van der Waals surface area contributed by atoms with E-state index in [0.717, 1.165) is 27.5 Å². The van der Waals surface area contributed by atoms with Gasteiger partial charge < -0.3 is 9.47 Å². The van der Waals surface area contributed by atoms with E-state index < -0.39 is 23.7 Å². The lowest BCUT2D eigenvalue weighted by Gasteiger charge is -2.38. The van der Waals surface area contributed by atoms with Crippen LogP contribution in [0, 0.1) is 17.8 Å². The number of nitrogens with zero attached hydrogens (tertiary/aromatic N) is 1. The molecule has 2 aliphatic heterocycles. The normalized spacial score (nSPS) is 23.9. The Morgan fingerprint density at radius 1 is 0.763 bits per heavy atom. The number of hydrogen-bond donors (Lipinski definition) is 0. The molecule has 4 aromatic rings. The van der Waals surface area contributed by atoms with E-state index in [9.17, 15) is 14.4 Å². The molecule has 7 rings (SSSR count). The van der Waals surface area contributed by atoms with Crippen LogP contribution in [0.5, 0.6) is 11.5 Å². The summed E-state index contributed by atoms with van der Waals surface area (Å²) in [6, 6.07) is 28.2. The van der Waals surface area contributed by atoms with Crippen molar-refractivity contribution in [1.82, 2.24) is 0 Å². The van der Waals surface area contributed by atoms with E-state index in [4.69, 9.17) is 9.47 Å². The third-order valence-electron chi connectivity index (χ3n) is 8.00. The van der Waals surface area contributed by atoms with Crippen molar-refractivity contribution in [2.45, 2.75) is 5.92 Å². The second-order valence-electron chi connectivity index (χ2n) is 9.88. The standard InChI is InChI=1S/C32H23NO5/c1-37-21-14-12-20(13-15-21)33-30(34)26-24(18-7-3-2-4-8-18)17-25-23-16-11-19-9-5-6-10-22(19)29(23)38-32(36)27(25)28(26)31(33)35/h2-17,24,26-28H,1H3/t24-,26-,27-,28+/m1/s1. The molecule has 0 saturated carbocycles. The lowest BCUT2D eigenvalue weighted by Crippen LogP contribution is -2.42. The maximum absolute atomic E-state index is 14.0. The number of ether oxygens (including phenoxy) is 2. The van der Waals surface area contributed by atoms with Gasteiger partial charge in [-0.2, -0.15) is 0 Å². The number of anilines is 1. The van der Waals surface area contributed by atoms with Gasteiger partial charge in [-0.3, -0.25) is 14.4 Å². The third kappa shape index (κ3) is 3.16. The van der Waals surface area contributed by atoms with E-state index in [1.165, 1.54) is 4.90 Å². The van der Waals surface area contributed by atoms with Crippen LogP contribution in [-0.2, 0) is 14.4 Å². The van der Waals surface area contributed by atoms with Crippen LogP contribution in [0.4, 0.5) is 5.69 Å². The van der Waals surface area contributed by atoms with Gasteiger partial charge in [-0.25, -0.2) is 4.90 Å². The van der Waals surface area contributed by atoms with E-state index in [1.54, 1.807) is 31.4 Å². The molecule has 1 aliphatic carbocycles. The van der Waals surface area contributed by atoms with Crippen LogP contribution in [0.2, 0.25) is 0 Å². The van der Waals surface area contributed by atoms with E-state index in [0.29, 0.717) is 17.2 Å². The highest BCUT2D eigenvalue weighted by Gasteiger charge is 2.60. The van der Waals surface area contributed by atoms with Gasteiger partial charge in [0.2, 0.25) is 11.8 Å². The lowest BCUT2D eigenvalue weighted by molar-refractivity contribution is -0.142. The predicted octanol–water partition coefficient (Wildman–Crippen LogP) is 5.37. The van der Waals surface area contributed by atoms with Gasteiger partial charge in [0.15, 0.2) is 0 Å². The van der Waals surface area contributed by atoms with E-state index in [1.807, 2.05) is 72.8 Å². The maximum atomic E-state index is 14.0. The number of carbonyl (C=O) groups excluding carboxylic acids is 3. The van der Waals surface area contributed by atoms with Crippen LogP contribution in [0.1, 0.15) is 17.0 Å². The van der Waals surface area contributed by atoms with Crippen molar-refractivity contribution in [3.05, 3.63) is 108 Å². The minimum atomic E-state index is -0.873. The second-order valence-corrected chi connectivity index (χ2v) is 9.88. The fraction of sp³-hybridized carbons (Fsp3) is 0.156. The van der Waals surface area contributed by atoms with Crippen molar-refractivity contribution in [1.29, 1.82) is 0 Å². The lowest BCUT2D eigenvalue weighted by atomic mass is 9.64. The van der Waals surface area contributed by atoms with E-state index >= 15 is 0 Å². The minimum Gasteiger partial charge on any atom is -0.497 e. The first-order valence-electron chi connectivity index (χ1n) is 12.6. The number of hydrogen-bond acceptors (Lipinski definition) is 5. The molecule has 0 aromatic heterocycles. The van der Waals surface area contributed by atoms with Crippen molar-refractivity contribution in [2.24, 2.45) is 17.8 Å². The molecule has 186 valence electrons. The van der Waals surface area contributed by atoms with Gasteiger partial charge >= 0.3 is 5.97 Å². The minimum absolute atomic E-state index is 0.313. The highest BCUT2D eigenvalue weighted by Crippen LogP contribution is 2.55. The molecule has 2 amide bonds. The largest absolute Gasteiger partial charge is 0.497 e. The highest BCUT2D eigenvalue weighted by molar-refractivity contribution is 6.24. The van der Waals surface area contributed by atoms with Crippen LogP contribution in [0.3, 0.4) is 0 Å². The molecule has 0 N–H and O–H groups in total. The maximum Gasteiger partial charge on any atom is 0.319 e. The van der Waals surface area contributed by atoms with Gasteiger partial charge in [-0.15, -0.1) is 0 Å². The third-order valence-corrected chi connectivity index (χ3v) is 8.00. The molecular formula is C32H23NO5. The average molecular weight is 502 g/mol. The summed E-state index contributed by atoms with van der Waals surface area (Å²) in [5.41, 5.74) is 2.91. The van der Waals surface area contributed by atoms with E-state index in [2.05, 4.69) is 0 Å². The van der Waals surface area contributed by atoms with Crippen LogP contribution >= 0.6 is 0 Å². The summed E-state index contributed by atoms with van der Waals surface area (Å²) < 4.78 is 11.2. The molecule has 1 saturated heterocycles. The Bertz CT molecular complexity index is 1660. The molecule has 38 heavy (non-hydrogen) atoms. The Morgan fingerprint density at radius 2 is 1.47 bits per heavy atom. The number of fused-ring (bicyclic) bond motifs is 7. The Hall–Kier alpha value is -4.71. The number of imide groups is 1. The Balaban J connectivity index is 1.42. The van der Waals surface area contributed by atoms with Crippen LogP contribution in [-0.4, -0.2) is 24.9 Å². The number of benzene rings is 4. The highest BCUT2D eigenvalue weighted by atomic mass is 16.5. The van der Waals surface area contributed by atoms with Crippen LogP contribution < -0.4 is 14.4 Å². The summed E-state index contributed by atoms with van der Waals surface area (Å²) in [4.78, 5) is 42.9. The molecule has 6 nitrogen and oxygen atoms in total. The zero-order valence-corrected chi connectivity index (χ0v) is 20.5. The first-order chi connectivity index (χ1) is 18.6. The molecule has 0 spiro atoms. The zero-order chi connectivity index (χ0) is 26.0. The average Bonchev–Trinajstić information content (AvgIpc) is 3.22. The fourth-order valence-corrected chi connectivity index (χ4v) is 6.27. The number of methoxy groups -OCH3 is 1. The van der Waals surface area contributed by atoms with Gasteiger partial charge in [-0.1, -0.05) is 72.8 Å². The Labute approximate surface area is 219 Å². The molecule has 3 aliphatic rings. The molecular weight excluding hydrogens is 478 g/mol. The molecule has 0 unspecified atom stereocenters. The number of carbonyl (C=O) groups is 3. The summed E-state index contributed by atoms with van der Waals surface area (Å²) in [5, 5.41) is 1.80. The molecule has 2 heterocycles. The van der Waals surface area contributed by atoms with Crippen molar-refractivity contribution >= 4 is 39.8 Å². The summed E-state index contributed by atoms with van der Waals surface area (Å²) in [7, 11) is 1.56. The quantitative estimate of drug-likeness (QED) is 0.214. The number of amides is 2. The topological polar surface area (TPSA) is 72.9 Å². The van der Waals surface area contributed by atoms with Gasteiger partial charge in [-0.05, 0) is 40.8 Å². The van der Waals surface area contributed by atoms with Crippen molar-refractivity contribution < 1.29 is 23.9 Å². The monoisotopic (exact) mass is 501 g/mol. The Morgan fingerprint density at radius 3 is 2.24 bits per heavy atom. The molecule has 0 bridgehead atoms. The Kier molecular flexibility index (Phi) is 4.98. The second kappa shape index (κ2) is 8.42. The number of esters is 1. The zero-order valence-electron chi connectivity index (χ0n) is 20.5. The van der Waals surface area contributed by atoms with E-state index in [-0.39, 0.29) is 17.7 Å². The van der Waals surface area contributed by atoms with Gasteiger partial charge in [0.1, 0.15) is 11.5 Å². The molecule has 1 fully saturated rings. The smallest absolute Gasteiger partial charge is 0.319 e. The fourth-order valence-electron chi connectivity index (χ4n) is 6.27. The molecule has 0 radical (unpaired) electrons. The van der Waals surface area contributed by atoms with Gasteiger partial charge in [0, 0.05) is 16.9 Å². The summed E-state index contributed by atoms with van der Waals surface area (Å²) in [6.45, 7) is 0. The van der Waals surface area contributed by atoms with Crippen LogP contribution in [0.25, 0.3) is 16.3 Å². The van der Waals surface area contributed by atoms with Crippen molar-refractivity contribution in [3.63, 3.8) is 0 Å². The predicted molar refractivity (Wildman–Crippen MR) is 143 cm³/mol. The summed E-state index contributed by atoms with van der Waals surface area (Å²) >= 11 is 0. The molecule has 4 atom stereocenters. The number of rotatable bonds is 3. The number of allylic oxidation sites excluding steroid dienone is 1. The SMILES string of the molecule is COc1ccc(N2C(=O)[C@@H]3[C@@H]4C(=O)Oc5c(ccc6ccccc56)C4=C[C@H](c4ccccc4)[C@H]3C2=O)cc1. The first-order valence-corrected chi connectivity index (χ1v) is 12.6. The van der Waals surface area contributed by atoms with Gasteiger partial charge in [0.25, 0.3) is 0 Å². The van der Waals surface area contributed by atoms with Crippen molar-refractivity contribution in [3.8, 4) is 11.5 Å².